The van der Waals surface area contributed by atoms with Gasteiger partial charge in [-0.25, -0.2) is 0 Å². The second kappa shape index (κ2) is 9.17. The fourth-order valence-electron chi connectivity index (χ4n) is 2.63. The van der Waals surface area contributed by atoms with Crippen molar-refractivity contribution in [3.8, 4) is 17.1 Å². The summed E-state index contributed by atoms with van der Waals surface area (Å²) in [6, 6.07) is 4.33. The molecule has 0 unspecified atom stereocenters. The van der Waals surface area contributed by atoms with Gasteiger partial charge in [0.05, 0.1) is 0 Å². The molecule has 143 valence electrons. The number of hydrogen-bond donors (Lipinski definition) is 0. The van der Waals surface area contributed by atoms with Crippen LogP contribution in [-0.2, 0) is 16.0 Å². The third-order valence-electron chi connectivity index (χ3n) is 3.85. The van der Waals surface area contributed by atoms with Gasteiger partial charge in [0.25, 0.3) is 0 Å². The summed E-state index contributed by atoms with van der Waals surface area (Å²) in [6.45, 7) is 5.67. The summed E-state index contributed by atoms with van der Waals surface area (Å²) < 4.78 is 6.43. The van der Waals surface area contributed by atoms with Gasteiger partial charge >= 0.3 is 140 Å². The number of aromatic nitrogens is 3. The molecule has 2 heterocycles. The quantitative estimate of drug-likeness (QED) is 0.524. The number of rotatable bonds is 7. The summed E-state index contributed by atoms with van der Waals surface area (Å²) >= 11 is 7.08. The molecule has 27 heavy (non-hydrogen) atoms. The Morgan fingerprint density at radius 3 is 2.44 bits per heavy atom. The predicted molar refractivity (Wildman–Crippen MR) is 107 cm³/mol. The van der Waals surface area contributed by atoms with E-state index in [-0.39, 0.29) is 0 Å². The van der Waals surface area contributed by atoms with Crippen LogP contribution in [0.1, 0.15) is 11.1 Å². The van der Waals surface area contributed by atoms with Crippen LogP contribution in [0.2, 0.25) is 0 Å². The van der Waals surface area contributed by atoms with Gasteiger partial charge in [0, 0.05) is 6.54 Å². The van der Waals surface area contributed by atoms with Crippen LogP contribution in [0.25, 0.3) is 11.3 Å². The molecule has 3 aromatic rings. The van der Waals surface area contributed by atoms with Crippen molar-refractivity contribution in [2.45, 2.75) is 23.8 Å². The zero-order chi connectivity index (χ0) is 19.4. The van der Waals surface area contributed by atoms with Crippen molar-refractivity contribution in [1.82, 2.24) is 19.9 Å². The Labute approximate surface area is 176 Å². The molecule has 5 nitrogen and oxygen atoms in total. The van der Waals surface area contributed by atoms with Crippen molar-refractivity contribution in [2.24, 2.45) is 0 Å². The number of likely N-dealkylation sites (N-methyl/N-ethyl adjacent to an activating group) is 1. The van der Waals surface area contributed by atoms with Crippen LogP contribution < -0.4 is 8.64 Å². The summed E-state index contributed by atoms with van der Waals surface area (Å²) in [7, 11) is 4.02. The summed E-state index contributed by atoms with van der Waals surface area (Å²) in [6.07, 6.45) is 3.43. The summed E-state index contributed by atoms with van der Waals surface area (Å²) in [4.78, 5) is 16.5. The van der Waals surface area contributed by atoms with E-state index in [9.17, 15) is 0 Å². The second-order valence-corrected chi connectivity index (χ2v) is 9.17. The molecule has 0 fully saturated rings. The van der Waals surface area contributed by atoms with E-state index in [0.717, 1.165) is 26.1 Å². The minimum atomic E-state index is 0.552. The first-order valence-corrected chi connectivity index (χ1v) is 10.7. The zero-order valence-electron chi connectivity index (χ0n) is 15.7. The second-order valence-electron chi connectivity index (χ2n) is 6.35. The fourth-order valence-corrected chi connectivity index (χ4v) is 4.41. The molecular weight excluding hydrogens is 420 g/mol. The standard InChI is InChI=1S/C19H21N4OS2.Fe/c1-13-7-15(8-14(2)19(13)16-11-25-12-22-16)26-18-10-20-17(9-21-18)24-6-5-23(3)4;/h7-11H,5-6H2,1-4H3;. The number of thiazole rings is 1. The van der Waals surface area contributed by atoms with E-state index >= 15 is 0 Å². The van der Waals surface area contributed by atoms with Gasteiger partial charge in [0.15, 0.2) is 0 Å². The van der Waals surface area contributed by atoms with E-state index in [2.05, 4.69) is 67.2 Å². The Balaban J connectivity index is 1.70. The number of hydrogen-bond acceptors (Lipinski definition) is 7. The van der Waals surface area contributed by atoms with Gasteiger partial charge in [-0.05, 0) is 14.1 Å². The molecule has 0 saturated carbocycles. The third kappa shape index (κ3) is 5.53. The van der Waals surface area contributed by atoms with E-state index in [1.807, 2.05) is 14.1 Å². The molecule has 2 aromatic heterocycles. The number of aryl methyl sites for hydroxylation is 2. The van der Waals surface area contributed by atoms with Gasteiger partial charge in [-0.1, -0.05) is 0 Å². The Morgan fingerprint density at radius 1 is 1.15 bits per heavy atom. The van der Waals surface area contributed by atoms with E-state index in [4.69, 9.17) is 4.74 Å². The Kier molecular flexibility index (Phi) is 6.89. The Hall–Kier alpha value is -1.44. The van der Waals surface area contributed by atoms with Crippen LogP contribution in [0.15, 0.2) is 39.8 Å². The van der Waals surface area contributed by atoms with Crippen molar-refractivity contribution in [3.05, 3.63) is 41.0 Å². The van der Waals surface area contributed by atoms with Crippen molar-refractivity contribution in [3.63, 3.8) is 0 Å². The van der Waals surface area contributed by atoms with Crippen LogP contribution in [0, 0.1) is 13.8 Å². The SMILES string of the molecule is Cc1cc(Sc2cnc(OCCN(C)C)cn2)cc(C)c1-c1cs[c]([Fe])n1. The van der Waals surface area contributed by atoms with Gasteiger partial charge < -0.3 is 9.64 Å². The predicted octanol–water partition coefficient (Wildman–Crippen LogP) is 3.48. The molecule has 0 aliphatic heterocycles. The average molecular weight is 441 g/mol. The molecular formula is C19H21FeN4OS2. The minimum absolute atomic E-state index is 0.552. The first-order chi connectivity index (χ1) is 12.9. The molecule has 0 aliphatic carbocycles. The van der Waals surface area contributed by atoms with Gasteiger partial charge in [-0.3, -0.25) is 0 Å². The Bertz CT molecular complexity index is 889. The maximum absolute atomic E-state index is 5.59. The zero-order valence-corrected chi connectivity index (χ0v) is 18.4. The Morgan fingerprint density at radius 2 is 1.89 bits per heavy atom. The average Bonchev–Trinajstić information content (AvgIpc) is 3.01. The summed E-state index contributed by atoms with van der Waals surface area (Å²) in [5, 5.41) is 2.90. The van der Waals surface area contributed by atoms with Crippen LogP contribution in [0.3, 0.4) is 0 Å². The molecule has 0 bridgehead atoms. The monoisotopic (exact) mass is 441 g/mol. The van der Waals surface area contributed by atoms with Crippen molar-refractivity contribution in [1.29, 1.82) is 0 Å². The molecule has 0 N–H and O–H groups in total. The number of ether oxygens (including phenoxy) is 1. The summed E-state index contributed by atoms with van der Waals surface area (Å²) in [5.41, 5.74) is 4.57. The van der Waals surface area contributed by atoms with Crippen molar-refractivity contribution >= 4 is 27.0 Å². The molecule has 0 spiro atoms. The first-order valence-electron chi connectivity index (χ1n) is 8.41. The van der Waals surface area contributed by atoms with E-state index < -0.39 is 0 Å². The van der Waals surface area contributed by atoms with Gasteiger partial charge in [0.2, 0.25) is 0 Å². The summed E-state index contributed by atoms with van der Waals surface area (Å²) in [5.74, 6) is 0.552. The molecule has 3 rings (SSSR count). The van der Waals surface area contributed by atoms with Gasteiger partial charge in [-0.15, -0.1) is 0 Å². The van der Waals surface area contributed by atoms with E-state index in [0.29, 0.717) is 12.5 Å². The van der Waals surface area contributed by atoms with E-state index in [1.165, 1.54) is 16.7 Å². The molecule has 0 radical (unpaired) electrons. The van der Waals surface area contributed by atoms with Crippen LogP contribution in [0.5, 0.6) is 5.88 Å². The normalized spacial score (nSPS) is 11.2. The first kappa shape index (κ1) is 20.3. The number of benzene rings is 1. The van der Waals surface area contributed by atoms with Crippen LogP contribution in [0.4, 0.5) is 0 Å². The third-order valence-corrected chi connectivity index (χ3v) is 5.87. The topological polar surface area (TPSA) is 51.1 Å². The molecule has 0 atom stereocenters. The molecule has 0 amide bonds. The van der Waals surface area contributed by atoms with Gasteiger partial charge in [0.1, 0.15) is 6.61 Å². The molecule has 1 aromatic carbocycles. The molecule has 0 aliphatic rings. The van der Waals surface area contributed by atoms with Gasteiger partial charge in [-0.2, -0.15) is 0 Å². The number of nitrogens with zero attached hydrogens (tertiary/aromatic N) is 4. The molecule has 0 saturated heterocycles. The maximum atomic E-state index is 5.59. The van der Waals surface area contributed by atoms with Crippen molar-refractivity contribution < 1.29 is 20.7 Å². The van der Waals surface area contributed by atoms with Crippen LogP contribution in [-0.4, -0.2) is 47.1 Å². The molecule has 8 heteroatoms. The fraction of sp³-hybridized carbons (Fsp3) is 0.316. The van der Waals surface area contributed by atoms with E-state index in [1.54, 1.807) is 35.5 Å². The van der Waals surface area contributed by atoms with Crippen LogP contribution >= 0.6 is 23.1 Å². The van der Waals surface area contributed by atoms with Crippen molar-refractivity contribution in [2.75, 3.05) is 27.2 Å².